The van der Waals surface area contributed by atoms with Gasteiger partial charge in [-0.3, -0.25) is 0 Å². The van der Waals surface area contributed by atoms with Crippen molar-refractivity contribution in [3.63, 3.8) is 0 Å². The Hall–Kier alpha value is -1.75. The van der Waals surface area contributed by atoms with Crippen LogP contribution >= 0.6 is 11.6 Å². The molecule has 2 unspecified atom stereocenters. The number of methoxy groups -OCH3 is 1. The third-order valence-electron chi connectivity index (χ3n) is 6.10. The average Bonchev–Trinajstić information content (AvgIpc) is 2.89. The summed E-state index contributed by atoms with van der Waals surface area (Å²) in [4.78, 5) is 2.39. The van der Waals surface area contributed by atoms with Crippen molar-refractivity contribution >= 4 is 11.6 Å². The van der Waals surface area contributed by atoms with Crippen molar-refractivity contribution in [2.45, 2.75) is 44.6 Å². The van der Waals surface area contributed by atoms with E-state index in [2.05, 4.69) is 18.7 Å². The number of hydrogen-bond acceptors (Lipinski definition) is 4. The third kappa shape index (κ3) is 4.71. The highest BCUT2D eigenvalue weighted by Gasteiger charge is 2.42. The number of ether oxygens (including phenoxy) is 2. The number of hydrogen-bond donors (Lipinski definition) is 1. The molecule has 0 bridgehead atoms. The summed E-state index contributed by atoms with van der Waals surface area (Å²) in [6, 6.07) is 13.7. The zero-order valence-electron chi connectivity index (χ0n) is 17.7. The molecule has 1 heterocycles. The molecule has 0 saturated carbocycles. The van der Waals surface area contributed by atoms with E-state index >= 15 is 0 Å². The highest BCUT2D eigenvalue weighted by atomic mass is 35.5. The van der Waals surface area contributed by atoms with Crippen LogP contribution in [0.1, 0.15) is 50.2 Å². The molecule has 158 valence electrons. The Morgan fingerprint density at radius 3 is 2.69 bits per heavy atom. The Morgan fingerprint density at radius 2 is 1.97 bits per heavy atom. The number of para-hydroxylation sites is 1. The fraction of sp³-hybridized carbons (Fsp3) is 0.500. The van der Waals surface area contributed by atoms with Gasteiger partial charge in [-0.15, -0.1) is 0 Å². The summed E-state index contributed by atoms with van der Waals surface area (Å²) in [6.07, 6.45) is 2.30. The SMILES string of the molecule is CCN(CC)CCCC1(O)c2ccccc2OCCC1c1ccc(Cl)c(OC)c1. The van der Waals surface area contributed by atoms with Gasteiger partial charge in [0, 0.05) is 11.5 Å². The first-order valence-corrected chi connectivity index (χ1v) is 10.9. The van der Waals surface area contributed by atoms with Crippen molar-refractivity contribution < 1.29 is 14.6 Å². The molecule has 0 fully saturated rings. The van der Waals surface area contributed by atoms with Gasteiger partial charge < -0.3 is 19.5 Å². The lowest BCUT2D eigenvalue weighted by molar-refractivity contribution is -0.00563. The van der Waals surface area contributed by atoms with Crippen molar-refractivity contribution in [1.29, 1.82) is 0 Å². The summed E-state index contributed by atoms with van der Waals surface area (Å²) < 4.78 is 11.5. The molecule has 0 aliphatic carbocycles. The first kappa shape index (κ1) is 21.9. The molecule has 4 nitrogen and oxygen atoms in total. The molecule has 0 radical (unpaired) electrons. The summed E-state index contributed by atoms with van der Waals surface area (Å²) >= 11 is 6.25. The van der Waals surface area contributed by atoms with Crippen LogP contribution in [0.3, 0.4) is 0 Å². The Balaban J connectivity index is 1.98. The Bertz CT molecular complexity index is 808. The minimum Gasteiger partial charge on any atom is -0.495 e. The van der Waals surface area contributed by atoms with E-state index in [1.165, 1.54) is 0 Å². The predicted octanol–water partition coefficient (Wildman–Crippen LogP) is 5.22. The fourth-order valence-corrected chi connectivity index (χ4v) is 4.61. The molecule has 0 spiro atoms. The van der Waals surface area contributed by atoms with Gasteiger partial charge in [-0.25, -0.2) is 0 Å². The van der Waals surface area contributed by atoms with Gasteiger partial charge in [0.1, 0.15) is 17.1 Å². The van der Waals surface area contributed by atoms with E-state index in [0.717, 1.165) is 49.4 Å². The van der Waals surface area contributed by atoms with Gasteiger partial charge in [0.05, 0.1) is 18.7 Å². The van der Waals surface area contributed by atoms with Crippen molar-refractivity contribution in [3.8, 4) is 11.5 Å². The van der Waals surface area contributed by atoms with Gasteiger partial charge in [-0.05, 0) is 62.7 Å². The molecule has 3 rings (SSSR count). The molecule has 2 atom stereocenters. The van der Waals surface area contributed by atoms with E-state index in [-0.39, 0.29) is 5.92 Å². The smallest absolute Gasteiger partial charge is 0.137 e. The van der Waals surface area contributed by atoms with Gasteiger partial charge >= 0.3 is 0 Å². The number of fused-ring (bicyclic) bond motifs is 1. The zero-order valence-corrected chi connectivity index (χ0v) is 18.4. The third-order valence-corrected chi connectivity index (χ3v) is 6.41. The second-order valence-electron chi connectivity index (χ2n) is 7.63. The minimum absolute atomic E-state index is 0.103. The highest BCUT2D eigenvalue weighted by molar-refractivity contribution is 6.32. The molecular weight excluding hydrogens is 386 g/mol. The standard InChI is InChI=1S/C24H32ClNO3/c1-4-26(5-2)15-8-14-24(27)19(18-11-12-21(25)23(17-18)28-3)13-16-29-22-10-7-6-9-20(22)24/h6-7,9-12,17,19,27H,4-5,8,13-16H2,1-3H3. The molecule has 1 aliphatic rings. The van der Waals surface area contributed by atoms with Crippen LogP contribution in [0.5, 0.6) is 11.5 Å². The van der Waals surface area contributed by atoms with Crippen molar-refractivity contribution in [2.75, 3.05) is 33.4 Å². The number of aliphatic hydroxyl groups is 1. The zero-order chi connectivity index (χ0) is 20.9. The van der Waals surface area contributed by atoms with Crippen LogP contribution in [-0.2, 0) is 5.60 Å². The maximum atomic E-state index is 12.1. The van der Waals surface area contributed by atoms with Crippen molar-refractivity contribution in [2.24, 2.45) is 0 Å². The largest absolute Gasteiger partial charge is 0.495 e. The van der Waals surface area contributed by atoms with Crippen LogP contribution in [0.25, 0.3) is 0 Å². The fourth-order valence-electron chi connectivity index (χ4n) is 4.42. The van der Waals surface area contributed by atoms with Crippen LogP contribution in [0.4, 0.5) is 0 Å². The number of halogens is 1. The van der Waals surface area contributed by atoms with E-state index in [1.807, 2.05) is 42.5 Å². The van der Waals surface area contributed by atoms with E-state index in [9.17, 15) is 5.11 Å². The number of nitrogens with zero attached hydrogens (tertiary/aromatic N) is 1. The summed E-state index contributed by atoms with van der Waals surface area (Å²) in [7, 11) is 1.62. The molecule has 0 amide bonds. The van der Waals surface area contributed by atoms with Gasteiger partial charge in [0.15, 0.2) is 0 Å². The van der Waals surface area contributed by atoms with Gasteiger partial charge in [-0.2, -0.15) is 0 Å². The molecule has 5 heteroatoms. The van der Waals surface area contributed by atoms with Crippen molar-refractivity contribution in [1.82, 2.24) is 4.90 Å². The summed E-state index contributed by atoms with van der Waals surface area (Å²) in [5.41, 5.74) is 0.881. The van der Waals surface area contributed by atoms with E-state index in [4.69, 9.17) is 21.1 Å². The molecule has 0 saturated heterocycles. The quantitative estimate of drug-likeness (QED) is 0.639. The van der Waals surface area contributed by atoms with E-state index in [0.29, 0.717) is 23.8 Å². The second-order valence-corrected chi connectivity index (χ2v) is 8.04. The maximum Gasteiger partial charge on any atom is 0.137 e. The second kappa shape index (κ2) is 9.84. The Morgan fingerprint density at radius 1 is 1.21 bits per heavy atom. The highest BCUT2D eigenvalue weighted by Crippen LogP contribution is 2.48. The van der Waals surface area contributed by atoms with Crippen LogP contribution in [0.15, 0.2) is 42.5 Å². The lowest BCUT2D eigenvalue weighted by Crippen LogP contribution is -2.35. The maximum absolute atomic E-state index is 12.1. The Labute approximate surface area is 179 Å². The number of rotatable bonds is 8. The molecule has 29 heavy (non-hydrogen) atoms. The molecule has 2 aromatic rings. The lowest BCUT2D eigenvalue weighted by atomic mass is 9.73. The first-order chi connectivity index (χ1) is 14.0. The minimum atomic E-state index is -1.01. The summed E-state index contributed by atoms with van der Waals surface area (Å²) in [5, 5.41) is 12.7. The topological polar surface area (TPSA) is 41.9 Å². The van der Waals surface area contributed by atoms with Gasteiger partial charge in [0.25, 0.3) is 0 Å². The van der Waals surface area contributed by atoms with Crippen LogP contribution < -0.4 is 9.47 Å². The van der Waals surface area contributed by atoms with Crippen LogP contribution in [0.2, 0.25) is 5.02 Å². The monoisotopic (exact) mass is 417 g/mol. The Kier molecular flexibility index (Phi) is 7.44. The van der Waals surface area contributed by atoms with Crippen molar-refractivity contribution in [3.05, 3.63) is 58.6 Å². The summed E-state index contributed by atoms with van der Waals surface area (Å²) in [5.74, 6) is 1.31. The van der Waals surface area contributed by atoms with E-state index < -0.39 is 5.60 Å². The molecule has 0 aromatic heterocycles. The summed E-state index contributed by atoms with van der Waals surface area (Å²) in [6.45, 7) is 7.92. The van der Waals surface area contributed by atoms with E-state index in [1.54, 1.807) is 7.11 Å². The number of benzene rings is 2. The molecule has 1 N–H and O–H groups in total. The molecular formula is C24H32ClNO3. The normalized spacial score (nSPS) is 21.4. The molecule has 2 aromatic carbocycles. The first-order valence-electron chi connectivity index (χ1n) is 10.5. The lowest BCUT2D eigenvalue weighted by Gasteiger charge is -2.36. The predicted molar refractivity (Wildman–Crippen MR) is 118 cm³/mol. The average molecular weight is 418 g/mol. The van der Waals surface area contributed by atoms with Gasteiger partial charge in [0.2, 0.25) is 0 Å². The van der Waals surface area contributed by atoms with Crippen LogP contribution in [-0.4, -0.2) is 43.4 Å². The van der Waals surface area contributed by atoms with Gasteiger partial charge in [-0.1, -0.05) is 49.7 Å². The van der Waals surface area contributed by atoms with Crippen LogP contribution in [0, 0.1) is 0 Å². The molecule has 1 aliphatic heterocycles.